The number of ether oxygens (including phenoxy) is 4. The molecule has 0 unspecified atom stereocenters. The van der Waals surface area contributed by atoms with Crippen molar-refractivity contribution < 1.29 is 29.2 Å². The zero-order valence-corrected chi connectivity index (χ0v) is 13.1. The van der Waals surface area contributed by atoms with Crippen molar-refractivity contribution in [3.05, 3.63) is 48.5 Å². The number of hydrogen-bond acceptors (Lipinski definition) is 6. The summed E-state index contributed by atoms with van der Waals surface area (Å²) in [6.07, 6.45) is -1.49. The summed E-state index contributed by atoms with van der Waals surface area (Å²) in [6.45, 7) is 0.500. The van der Waals surface area contributed by atoms with Crippen molar-refractivity contribution in [2.24, 2.45) is 0 Å². The summed E-state index contributed by atoms with van der Waals surface area (Å²) in [5.41, 5.74) is 0. The molecule has 4 aliphatic rings. The number of aliphatic hydroxyl groups is 2. The molecule has 6 rings (SSSR count). The summed E-state index contributed by atoms with van der Waals surface area (Å²) in [4.78, 5) is 0. The van der Waals surface area contributed by atoms with Crippen LogP contribution in [-0.2, 0) is 0 Å². The van der Waals surface area contributed by atoms with Gasteiger partial charge in [-0.15, -0.1) is 0 Å². The summed E-state index contributed by atoms with van der Waals surface area (Å²) in [5.74, 6) is 2.48. The summed E-state index contributed by atoms with van der Waals surface area (Å²) >= 11 is 0. The Hall–Kier alpha value is -2.44. The molecular weight excluding hydrogens is 312 g/mol. The minimum absolute atomic E-state index is 0.125. The Morgan fingerprint density at radius 3 is 0.917 bits per heavy atom. The lowest BCUT2D eigenvalue weighted by Gasteiger charge is -2.16. The summed E-state index contributed by atoms with van der Waals surface area (Å²) in [7, 11) is 0. The first kappa shape index (κ1) is 16.4. The van der Waals surface area contributed by atoms with Crippen LogP contribution in [0, 0.1) is 0 Å². The fraction of sp³-hybridized carbons (Fsp3) is 0.333. The highest BCUT2D eigenvalue weighted by atomic mass is 16.5. The number of hydrogen-bond donors (Lipinski definition) is 2. The smallest absolute Gasteiger partial charge is 0.122 e. The van der Waals surface area contributed by atoms with Crippen molar-refractivity contribution in [2.75, 3.05) is 26.4 Å². The van der Waals surface area contributed by atoms with E-state index >= 15 is 0 Å². The number of rotatable bonds is 0. The van der Waals surface area contributed by atoms with Gasteiger partial charge in [0.25, 0.3) is 0 Å². The van der Waals surface area contributed by atoms with Crippen LogP contribution >= 0.6 is 0 Å². The Morgan fingerprint density at radius 2 is 0.708 bits per heavy atom. The van der Waals surface area contributed by atoms with E-state index in [-0.39, 0.29) is 26.4 Å². The molecule has 2 aromatic carbocycles. The SMILES string of the molecule is OC1COc2ccc(cc2)OCC(O)COc2ccc(cc2)OC1. The van der Waals surface area contributed by atoms with E-state index in [0.29, 0.717) is 23.0 Å². The highest BCUT2D eigenvalue weighted by molar-refractivity contribution is 5.32. The number of aliphatic hydroxyl groups excluding tert-OH is 2. The van der Waals surface area contributed by atoms with Crippen LogP contribution in [0.25, 0.3) is 0 Å². The summed E-state index contributed by atoms with van der Waals surface area (Å²) in [5, 5.41) is 19.8. The van der Waals surface area contributed by atoms with Crippen molar-refractivity contribution in [2.45, 2.75) is 12.2 Å². The predicted molar refractivity (Wildman–Crippen MR) is 86.9 cm³/mol. The average molecular weight is 332 g/mol. The zero-order valence-electron chi connectivity index (χ0n) is 13.1. The van der Waals surface area contributed by atoms with E-state index in [4.69, 9.17) is 18.9 Å². The maximum absolute atomic E-state index is 9.92. The van der Waals surface area contributed by atoms with Crippen LogP contribution in [0.1, 0.15) is 0 Å². The van der Waals surface area contributed by atoms with Crippen molar-refractivity contribution >= 4 is 0 Å². The molecule has 0 radical (unpaired) electrons. The molecule has 0 amide bonds. The zero-order chi connectivity index (χ0) is 16.8. The minimum Gasteiger partial charge on any atom is -0.491 e. The van der Waals surface area contributed by atoms with Gasteiger partial charge >= 0.3 is 0 Å². The van der Waals surface area contributed by atoms with Crippen LogP contribution in [0.15, 0.2) is 48.5 Å². The van der Waals surface area contributed by atoms with E-state index in [1.165, 1.54) is 0 Å². The highest BCUT2D eigenvalue weighted by Crippen LogP contribution is 2.20. The first-order valence-electron chi connectivity index (χ1n) is 7.76. The molecular formula is C18H20O6. The third kappa shape index (κ3) is 4.78. The topological polar surface area (TPSA) is 77.4 Å². The Kier molecular flexibility index (Phi) is 5.40. The fourth-order valence-electron chi connectivity index (χ4n) is 2.13. The van der Waals surface area contributed by atoms with Crippen molar-refractivity contribution in [1.29, 1.82) is 0 Å². The second kappa shape index (κ2) is 7.90. The molecule has 0 atom stereocenters. The molecule has 0 aliphatic carbocycles. The van der Waals surface area contributed by atoms with E-state index in [1.807, 2.05) is 0 Å². The molecule has 0 aromatic heterocycles. The molecule has 4 bridgehead atoms. The maximum Gasteiger partial charge on any atom is 0.122 e. The highest BCUT2D eigenvalue weighted by Gasteiger charge is 2.10. The fourth-order valence-corrected chi connectivity index (χ4v) is 2.13. The van der Waals surface area contributed by atoms with Gasteiger partial charge in [-0.05, 0) is 48.5 Å². The molecule has 0 saturated heterocycles. The molecule has 6 heteroatoms. The van der Waals surface area contributed by atoms with Gasteiger partial charge in [-0.25, -0.2) is 0 Å². The molecule has 2 aromatic rings. The van der Waals surface area contributed by atoms with Crippen molar-refractivity contribution in [3.8, 4) is 23.0 Å². The van der Waals surface area contributed by atoms with Gasteiger partial charge in [0.1, 0.15) is 61.6 Å². The molecule has 0 spiro atoms. The molecule has 24 heavy (non-hydrogen) atoms. The van der Waals surface area contributed by atoms with Crippen LogP contribution in [0.4, 0.5) is 0 Å². The summed E-state index contributed by atoms with van der Waals surface area (Å²) < 4.78 is 22.0. The Bertz CT molecular complexity index is 513. The van der Waals surface area contributed by atoms with Gasteiger partial charge in [-0.3, -0.25) is 0 Å². The Morgan fingerprint density at radius 1 is 0.500 bits per heavy atom. The van der Waals surface area contributed by atoms with E-state index < -0.39 is 12.2 Å². The van der Waals surface area contributed by atoms with Gasteiger partial charge < -0.3 is 29.2 Å². The van der Waals surface area contributed by atoms with Gasteiger partial charge in [0.15, 0.2) is 0 Å². The third-order valence-corrected chi connectivity index (χ3v) is 3.42. The van der Waals surface area contributed by atoms with Crippen molar-refractivity contribution in [1.82, 2.24) is 0 Å². The second-order valence-corrected chi connectivity index (χ2v) is 5.49. The van der Waals surface area contributed by atoms with E-state index in [0.717, 1.165) is 0 Å². The quantitative estimate of drug-likeness (QED) is 0.764. The van der Waals surface area contributed by atoms with Crippen LogP contribution in [0.2, 0.25) is 0 Å². The normalized spacial score (nSPS) is 21.6. The lowest BCUT2D eigenvalue weighted by atomic mass is 10.3. The molecule has 4 aliphatic heterocycles. The molecule has 6 nitrogen and oxygen atoms in total. The molecule has 0 saturated carbocycles. The maximum atomic E-state index is 9.92. The lowest BCUT2D eigenvalue weighted by Crippen LogP contribution is -2.25. The minimum atomic E-state index is -0.745. The van der Waals surface area contributed by atoms with Crippen LogP contribution < -0.4 is 18.9 Å². The third-order valence-electron chi connectivity index (χ3n) is 3.42. The standard InChI is InChI=1S/C18H20O6/c19-13-9-21-15-1-2-16(4-3-15)22-10-14(20)12-24-18-7-5-17(6-8-18)23-11-13/h1-8,13-14,19-20H,9-12H2. The van der Waals surface area contributed by atoms with Gasteiger partial charge in [-0.2, -0.15) is 0 Å². The van der Waals surface area contributed by atoms with Gasteiger partial charge in [-0.1, -0.05) is 0 Å². The Labute approximate surface area is 140 Å². The first-order valence-corrected chi connectivity index (χ1v) is 7.76. The van der Waals surface area contributed by atoms with E-state index in [2.05, 4.69) is 0 Å². The van der Waals surface area contributed by atoms with Crippen LogP contribution in [0.5, 0.6) is 23.0 Å². The Balaban J connectivity index is 1.70. The molecule has 2 N–H and O–H groups in total. The predicted octanol–water partition coefficient (Wildman–Crippen LogP) is 1.64. The molecule has 4 heterocycles. The molecule has 0 fully saturated rings. The summed E-state index contributed by atoms with van der Waals surface area (Å²) in [6, 6.07) is 13.9. The van der Waals surface area contributed by atoms with Gasteiger partial charge in [0, 0.05) is 0 Å². The van der Waals surface area contributed by atoms with Crippen LogP contribution in [0.3, 0.4) is 0 Å². The monoisotopic (exact) mass is 332 g/mol. The van der Waals surface area contributed by atoms with Gasteiger partial charge in [0.2, 0.25) is 0 Å². The molecule has 128 valence electrons. The van der Waals surface area contributed by atoms with E-state index in [1.54, 1.807) is 48.5 Å². The van der Waals surface area contributed by atoms with Crippen LogP contribution in [-0.4, -0.2) is 48.8 Å². The van der Waals surface area contributed by atoms with Gasteiger partial charge in [0.05, 0.1) is 0 Å². The second-order valence-electron chi connectivity index (χ2n) is 5.49. The van der Waals surface area contributed by atoms with E-state index in [9.17, 15) is 10.2 Å². The lowest BCUT2D eigenvalue weighted by molar-refractivity contribution is 0.0601. The number of benzene rings is 2. The van der Waals surface area contributed by atoms with Crippen molar-refractivity contribution in [3.63, 3.8) is 0 Å². The first-order chi connectivity index (χ1) is 11.7. The average Bonchev–Trinajstić information content (AvgIpc) is 2.62. The largest absolute Gasteiger partial charge is 0.491 e.